The molecular formula is C29H27N3O4S. The van der Waals surface area contributed by atoms with E-state index in [0.29, 0.717) is 31.9 Å². The van der Waals surface area contributed by atoms with Gasteiger partial charge in [-0.15, -0.1) is 11.8 Å². The van der Waals surface area contributed by atoms with Crippen molar-refractivity contribution in [2.45, 2.75) is 24.3 Å². The molecule has 0 atom stereocenters. The molecule has 0 fully saturated rings. The summed E-state index contributed by atoms with van der Waals surface area (Å²) < 4.78 is 7.79. The van der Waals surface area contributed by atoms with Gasteiger partial charge in [-0.25, -0.2) is 0 Å². The van der Waals surface area contributed by atoms with Crippen LogP contribution >= 0.6 is 11.8 Å². The number of hydrogen-bond acceptors (Lipinski definition) is 5. The van der Waals surface area contributed by atoms with Gasteiger partial charge in [0.15, 0.2) is 0 Å². The molecule has 37 heavy (non-hydrogen) atoms. The van der Waals surface area contributed by atoms with Gasteiger partial charge in [0, 0.05) is 23.1 Å². The van der Waals surface area contributed by atoms with Gasteiger partial charge < -0.3 is 14.7 Å². The fourth-order valence-corrected chi connectivity index (χ4v) is 5.28. The van der Waals surface area contributed by atoms with Crippen molar-refractivity contribution in [2.24, 2.45) is 0 Å². The van der Waals surface area contributed by atoms with Crippen molar-refractivity contribution in [3.05, 3.63) is 96.2 Å². The van der Waals surface area contributed by atoms with Gasteiger partial charge in [0.05, 0.1) is 30.2 Å². The van der Waals surface area contributed by atoms with E-state index in [0.717, 1.165) is 38.7 Å². The van der Waals surface area contributed by atoms with Gasteiger partial charge in [-0.2, -0.15) is 5.10 Å². The van der Waals surface area contributed by atoms with Crippen molar-refractivity contribution in [3.63, 3.8) is 0 Å². The number of thioether (sulfide) groups is 1. The number of fused-ring (bicyclic) bond motifs is 1. The van der Waals surface area contributed by atoms with Crippen LogP contribution in [0, 0.1) is 0 Å². The first-order valence-corrected chi connectivity index (χ1v) is 13.1. The highest BCUT2D eigenvalue weighted by Gasteiger charge is 2.24. The minimum atomic E-state index is -0.824. The standard InChI is InChI=1S/C29H27N3O4S/c33-27-20-37-26-9-5-4-8-25(26)32(27)16-17-36-24-13-10-21(11-14-24)18-31-19-23(12-15-28(34)35)29(30-31)22-6-2-1-3-7-22/h1-11,13-14,19H,12,15-18,20H2,(H,34,35). The average molecular weight is 514 g/mol. The molecule has 0 unspecified atom stereocenters. The van der Waals surface area contributed by atoms with E-state index in [9.17, 15) is 9.59 Å². The van der Waals surface area contributed by atoms with Gasteiger partial charge in [0.2, 0.25) is 5.91 Å². The zero-order valence-corrected chi connectivity index (χ0v) is 21.1. The van der Waals surface area contributed by atoms with Gasteiger partial charge in [0.25, 0.3) is 0 Å². The Bertz CT molecular complexity index is 1390. The van der Waals surface area contributed by atoms with Gasteiger partial charge in [0.1, 0.15) is 12.4 Å². The van der Waals surface area contributed by atoms with Crippen molar-refractivity contribution in [2.75, 3.05) is 23.8 Å². The first kappa shape index (κ1) is 24.6. The summed E-state index contributed by atoms with van der Waals surface area (Å²) in [5, 5.41) is 13.9. The molecule has 1 aromatic heterocycles. The molecule has 4 aromatic rings. The summed E-state index contributed by atoms with van der Waals surface area (Å²) in [6.45, 7) is 1.45. The Balaban J connectivity index is 1.21. The lowest BCUT2D eigenvalue weighted by Gasteiger charge is -2.28. The number of ether oxygens (including phenoxy) is 1. The molecule has 0 saturated heterocycles. The van der Waals surface area contributed by atoms with Crippen LogP contribution in [0.25, 0.3) is 11.3 Å². The van der Waals surface area contributed by atoms with E-state index in [1.54, 1.807) is 16.7 Å². The summed E-state index contributed by atoms with van der Waals surface area (Å²) in [7, 11) is 0. The third-order valence-corrected chi connectivity index (χ3v) is 7.20. The molecule has 3 aromatic carbocycles. The molecule has 0 spiro atoms. The van der Waals surface area contributed by atoms with Crippen LogP contribution in [0.2, 0.25) is 0 Å². The Morgan fingerprint density at radius 1 is 1.00 bits per heavy atom. The van der Waals surface area contributed by atoms with Crippen LogP contribution in [0.1, 0.15) is 17.5 Å². The van der Waals surface area contributed by atoms with E-state index in [1.807, 2.05) is 89.7 Å². The SMILES string of the molecule is O=C(O)CCc1cn(Cc2ccc(OCCN3C(=O)CSc4ccccc43)cc2)nc1-c1ccccc1. The molecule has 0 aliphatic carbocycles. The van der Waals surface area contributed by atoms with Crippen LogP contribution in [-0.2, 0) is 22.6 Å². The number of anilines is 1. The third kappa shape index (κ3) is 6.03. The first-order chi connectivity index (χ1) is 18.1. The molecule has 5 rings (SSSR count). The number of nitrogens with zero attached hydrogens (tertiary/aromatic N) is 3. The second-order valence-electron chi connectivity index (χ2n) is 8.75. The largest absolute Gasteiger partial charge is 0.492 e. The van der Waals surface area contributed by atoms with Crippen molar-refractivity contribution in [1.82, 2.24) is 9.78 Å². The van der Waals surface area contributed by atoms with E-state index in [1.165, 1.54) is 0 Å². The molecule has 7 nitrogen and oxygen atoms in total. The highest BCUT2D eigenvalue weighted by molar-refractivity contribution is 8.00. The van der Waals surface area contributed by atoms with Crippen LogP contribution in [0.4, 0.5) is 5.69 Å². The number of amides is 1. The van der Waals surface area contributed by atoms with Crippen LogP contribution < -0.4 is 9.64 Å². The number of aromatic nitrogens is 2. The maximum absolute atomic E-state index is 12.4. The second kappa shape index (κ2) is 11.3. The molecule has 188 valence electrons. The molecule has 2 heterocycles. The maximum atomic E-state index is 12.4. The molecule has 0 radical (unpaired) electrons. The minimum absolute atomic E-state index is 0.0605. The molecule has 0 saturated carbocycles. The predicted molar refractivity (Wildman–Crippen MR) is 144 cm³/mol. The van der Waals surface area contributed by atoms with Crippen molar-refractivity contribution >= 4 is 29.3 Å². The Labute approximate surface area is 219 Å². The number of carbonyl (C=O) groups excluding carboxylic acids is 1. The third-order valence-electron chi connectivity index (χ3n) is 6.15. The lowest BCUT2D eigenvalue weighted by Crippen LogP contribution is -2.38. The number of carbonyl (C=O) groups is 2. The highest BCUT2D eigenvalue weighted by atomic mass is 32.2. The lowest BCUT2D eigenvalue weighted by molar-refractivity contribution is -0.137. The van der Waals surface area contributed by atoms with Crippen LogP contribution in [0.5, 0.6) is 5.75 Å². The topological polar surface area (TPSA) is 84.7 Å². The number of carboxylic acid groups (broad SMARTS) is 1. The first-order valence-electron chi connectivity index (χ1n) is 12.1. The summed E-state index contributed by atoms with van der Waals surface area (Å²) in [5.41, 5.74) is 4.70. The zero-order chi connectivity index (χ0) is 25.6. The Morgan fingerprint density at radius 2 is 1.76 bits per heavy atom. The summed E-state index contributed by atoms with van der Waals surface area (Å²) in [6.07, 6.45) is 2.42. The average Bonchev–Trinajstić information content (AvgIpc) is 3.32. The minimum Gasteiger partial charge on any atom is -0.492 e. The predicted octanol–water partition coefficient (Wildman–Crippen LogP) is 5.13. The fraction of sp³-hybridized carbons (Fsp3) is 0.207. The molecule has 1 N–H and O–H groups in total. The quantitative estimate of drug-likeness (QED) is 0.316. The number of hydrogen-bond donors (Lipinski definition) is 1. The summed E-state index contributed by atoms with van der Waals surface area (Å²) >= 11 is 1.57. The van der Waals surface area contributed by atoms with Crippen LogP contribution in [0.15, 0.2) is 90.0 Å². The maximum Gasteiger partial charge on any atom is 0.303 e. The highest BCUT2D eigenvalue weighted by Crippen LogP contribution is 2.34. The van der Waals surface area contributed by atoms with Crippen LogP contribution in [-0.4, -0.2) is 45.7 Å². The van der Waals surface area contributed by atoms with E-state index in [2.05, 4.69) is 0 Å². The second-order valence-corrected chi connectivity index (χ2v) is 9.77. The molecule has 0 bridgehead atoms. The monoisotopic (exact) mass is 513 g/mol. The van der Waals surface area contributed by atoms with E-state index in [4.69, 9.17) is 14.9 Å². The number of aryl methyl sites for hydroxylation is 1. The van der Waals surface area contributed by atoms with Gasteiger partial charge >= 0.3 is 5.97 Å². The van der Waals surface area contributed by atoms with E-state index < -0.39 is 5.97 Å². The number of rotatable bonds is 10. The number of benzene rings is 3. The molecular weight excluding hydrogens is 486 g/mol. The van der Waals surface area contributed by atoms with Gasteiger partial charge in [-0.05, 0) is 41.8 Å². The molecule has 8 heteroatoms. The van der Waals surface area contributed by atoms with Crippen molar-refractivity contribution < 1.29 is 19.4 Å². The van der Waals surface area contributed by atoms with E-state index in [-0.39, 0.29) is 12.3 Å². The molecule has 1 amide bonds. The summed E-state index contributed by atoms with van der Waals surface area (Å²) in [5.74, 6) is 0.460. The fourth-order valence-electron chi connectivity index (χ4n) is 4.34. The van der Waals surface area contributed by atoms with Gasteiger partial charge in [-0.1, -0.05) is 54.6 Å². The van der Waals surface area contributed by atoms with E-state index >= 15 is 0 Å². The Morgan fingerprint density at radius 3 is 2.54 bits per heavy atom. The zero-order valence-electron chi connectivity index (χ0n) is 20.2. The Kier molecular flexibility index (Phi) is 7.56. The lowest BCUT2D eigenvalue weighted by atomic mass is 10.0. The number of aliphatic carboxylic acids is 1. The summed E-state index contributed by atoms with van der Waals surface area (Å²) in [6, 6.07) is 25.6. The van der Waals surface area contributed by atoms with Crippen molar-refractivity contribution in [3.8, 4) is 17.0 Å². The number of carboxylic acids is 1. The van der Waals surface area contributed by atoms with Crippen LogP contribution in [0.3, 0.4) is 0 Å². The normalized spacial score (nSPS) is 12.9. The molecule has 1 aliphatic heterocycles. The summed E-state index contributed by atoms with van der Waals surface area (Å²) in [4.78, 5) is 26.5. The van der Waals surface area contributed by atoms with Gasteiger partial charge in [-0.3, -0.25) is 14.3 Å². The molecule has 1 aliphatic rings. The number of para-hydroxylation sites is 1. The van der Waals surface area contributed by atoms with Crippen molar-refractivity contribution in [1.29, 1.82) is 0 Å². The smallest absolute Gasteiger partial charge is 0.303 e. The Hall–Kier alpha value is -4.04.